The van der Waals surface area contributed by atoms with E-state index in [0.717, 1.165) is 37.7 Å². The number of rotatable bonds is 4. The van der Waals surface area contributed by atoms with Crippen molar-refractivity contribution in [2.24, 2.45) is 0 Å². The Morgan fingerprint density at radius 1 is 1.22 bits per heavy atom. The Labute approximate surface area is 163 Å². The van der Waals surface area contributed by atoms with Crippen LogP contribution in [0.4, 0.5) is 0 Å². The average molecular weight is 379 g/mol. The number of aryl methyl sites for hydroxylation is 3. The normalized spacial score (nSPS) is 12.0. The van der Waals surface area contributed by atoms with Gasteiger partial charge >= 0.3 is 0 Å². The van der Waals surface area contributed by atoms with Crippen molar-refractivity contribution in [2.45, 2.75) is 40.7 Å². The van der Waals surface area contributed by atoms with Crippen LogP contribution in [0.1, 0.15) is 57.8 Å². The number of carbonyl (C=O) groups is 1. The molecule has 0 aliphatic heterocycles. The molecule has 0 saturated heterocycles. The van der Waals surface area contributed by atoms with E-state index in [-0.39, 0.29) is 11.9 Å². The Balaban J connectivity index is 1.99. The Morgan fingerprint density at radius 2 is 1.89 bits per heavy atom. The van der Waals surface area contributed by atoms with Gasteiger partial charge in [0.05, 0.1) is 22.6 Å². The number of amides is 1. The van der Waals surface area contributed by atoms with Crippen molar-refractivity contribution in [3.63, 3.8) is 0 Å². The number of benzene rings is 1. The Morgan fingerprint density at radius 3 is 2.48 bits per heavy atom. The van der Waals surface area contributed by atoms with Gasteiger partial charge in [0.25, 0.3) is 5.91 Å². The Bertz CT molecular complexity index is 1050. The molecular formula is C21H22N4OS. The number of nitrogens with zero attached hydrogens (tertiary/aromatic N) is 4. The van der Waals surface area contributed by atoms with Crippen LogP contribution >= 0.6 is 11.3 Å². The standard InChI is InChI=1S/C21H22N4OS/c1-6-25(14(4)17-9-7-16(11-22)8-10-17)21(26)19-12(2)18-13(3)23-15(5)24-20(18)27-19/h7-10,14H,6H2,1-5H3. The zero-order valence-corrected chi connectivity index (χ0v) is 17.0. The summed E-state index contributed by atoms with van der Waals surface area (Å²) in [7, 11) is 0. The van der Waals surface area contributed by atoms with Crippen molar-refractivity contribution in [1.29, 1.82) is 5.26 Å². The van der Waals surface area contributed by atoms with E-state index < -0.39 is 0 Å². The molecule has 0 spiro atoms. The number of fused-ring (bicyclic) bond motifs is 1. The van der Waals surface area contributed by atoms with E-state index in [1.165, 1.54) is 11.3 Å². The van der Waals surface area contributed by atoms with E-state index >= 15 is 0 Å². The van der Waals surface area contributed by atoms with Crippen LogP contribution in [0.3, 0.4) is 0 Å². The summed E-state index contributed by atoms with van der Waals surface area (Å²) in [6.45, 7) is 10.4. The molecule has 2 aromatic heterocycles. The van der Waals surface area contributed by atoms with E-state index in [9.17, 15) is 4.79 Å². The predicted octanol–water partition coefficient (Wildman–Crippen LogP) is 4.71. The number of hydrogen-bond acceptors (Lipinski definition) is 5. The first-order chi connectivity index (χ1) is 12.9. The summed E-state index contributed by atoms with van der Waals surface area (Å²) in [4.78, 5) is 25.7. The van der Waals surface area contributed by atoms with Crippen LogP contribution in [0.25, 0.3) is 10.2 Å². The molecule has 5 nitrogen and oxygen atoms in total. The molecule has 0 radical (unpaired) electrons. The molecule has 0 saturated carbocycles. The molecule has 1 aromatic carbocycles. The third-order valence-corrected chi connectivity index (χ3v) is 6.04. The van der Waals surface area contributed by atoms with Crippen LogP contribution in [0, 0.1) is 32.1 Å². The second-order valence-electron chi connectivity index (χ2n) is 6.59. The van der Waals surface area contributed by atoms with Crippen LogP contribution in [-0.2, 0) is 0 Å². The summed E-state index contributed by atoms with van der Waals surface area (Å²) in [6.07, 6.45) is 0. The van der Waals surface area contributed by atoms with E-state index in [0.29, 0.717) is 12.1 Å². The number of carbonyl (C=O) groups excluding carboxylic acids is 1. The predicted molar refractivity (Wildman–Crippen MR) is 108 cm³/mol. The molecular weight excluding hydrogens is 356 g/mol. The molecule has 0 aliphatic carbocycles. The molecule has 27 heavy (non-hydrogen) atoms. The Hall–Kier alpha value is -2.78. The van der Waals surface area contributed by atoms with E-state index in [4.69, 9.17) is 5.26 Å². The van der Waals surface area contributed by atoms with Crippen molar-refractivity contribution in [3.8, 4) is 6.07 Å². The third kappa shape index (κ3) is 3.43. The van der Waals surface area contributed by atoms with Crippen molar-refractivity contribution >= 4 is 27.5 Å². The summed E-state index contributed by atoms with van der Waals surface area (Å²) < 4.78 is 0. The Kier molecular flexibility index (Phi) is 5.24. The van der Waals surface area contributed by atoms with Crippen LogP contribution in [-0.4, -0.2) is 27.3 Å². The summed E-state index contributed by atoms with van der Waals surface area (Å²) in [5, 5.41) is 9.96. The first-order valence-electron chi connectivity index (χ1n) is 8.92. The van der Waals surface area contributed by atoms with Crippen molar-refractivity contribution in [1.82, 2.24) is 14.9 Å². The summed E-state index contributed by atoms with van der Waals surface area (Å²) in [5.41, 5.74) is 3.48. The molecule has 1 atom stereocenters. The highest BCUT2D eigenvalue weighted by Gasteiger charge is 2.26. The van der Waals surface area contributed by atoms with Gasteiger partial charge in [-0.05, 0) is 57.9 Å². The summed E-state index contributed by atoms with van der Waals surface area (Å²) in [5.74, 6) is 0.727. The number of nitriles is 1. The van der Waals surface area contributed by atoms with Gasteiger partial charge in [-0.15, -0.1) is 11.3 Å². The summed E-state index contributed by atoms with van der Waals surface area (Å²) >= 11 is 1.44. The second-order valence-corrected chi connectivity index (χ2v) is 7.59. The minimum atomic E-state index is -0.0891. The highest BCUT2D eigenvalue weighted by molar-refractivity contribution is 7.20. The summed E-state index contributed by atoms with van der Waals surface area (Å²) in [6, 6.07) is 9.44. The van der Waals surface area contributed by atoms with Gasteiger partial charge in [0, 0.05) is 17.6 Å². The zero-order chi connectivity index (χ0) is 19.7. The fraction of sp³-hybridized carbons (Fsp3) is 0.333. The van der Waals surface area contributed by atoms with Gasteiger partial charge in [-0.3, -0.25) is 4.79 Å². The maximum atomic E-state index is 13.3. The van der Waals surface area contributed by atoms with Gasteiger partial charge in [0.1, 0.15) is 10.7 Å². The van der Waals surface area contributed by atoms with Gasteiger partial charge in [0.15, 0.2) is 0 Å². The van der Waals surface area contributed by atoms with Gasteiger partial charge in [-0.2, -0.15) is 5.26 Å². The second kappa shape index (κ2) is 7.45. The third-order valence-electron chi connectivity index (χ3n) is 4.87. The minimum absolute atomic E-state index is 0.00640. The first-order valence-corrected chi connectivity index (χ1v) is 9.74. The molecule has 1 unspecified atom stereocenters. The van der Waals surface area contributed by atoms with Gasteiger partial charge in [0.2, 0.25) is 0 Å². The molecule has 3 aromatic rings. The molecule has 0 aliphatic rings. The monoisotopic (exact) mass is 378 g/mol. The van der Waals surface area contributed by atoms with E-state index in [1.807, 2.05) is 51.7 Å². The van der Waals surface area contributed by atoms with Crippen LogP contribution < -0.4 is 0 Å². The molecule has 6 heteroatoms. The fourth-order valence-electron chi connectivity index (χ4n) is 3.42. The molecule has 2 heterocycles. The maximum absolute atomic E-state index is 13.3. The zero-order valence-electron chi connectivity index (χ0n) is 16.2. The molecule has 138 valence electrons. The number of thiophene rings is 1. The van der Waals surface area contributed by atoms with E-state index in [2.05, 4.69) is 16.0 Å². The molecule has 0 fully saturated rings. The van der Waals surface area contributed by atoms with Crippen LogP contribution in [0.15, 0.2) is 24.3 Å². The molecule has 0 N–H and O–H groups in total. The number of aromatic nitrogens is 2. The fourth-order valence-corrected chi connectivity index (χ4v) is 4.65. The topological polar surface area (TPSA) is 69.9 Å². The lowest BCUT2D eigenvalue weighted by atomic mass is 10.0. The highest BCUT2D eigenvalue weighted by Crippen LogP contribution is 2.33. The lowest BCUT2D eigenvalue weighted by Gasteiger charge is -2.28. The molecule has 1 amide bonds. The SMILES string of the molecule is CCN(C(=O)c1sc2nc(C)nc(C)c2c1C)C(C)c1ccc(C#N)cc1. The van der Waals surface area contributed by atoms with Gasteiger partial charge in [-0.1, -0.05) is 12.1 Å². The van der Waals surface area contributed by atoms with Gasteiger partial charge < -0.3 is 4.90 Å². The smallest absolute Gasteiger partial charge is 0.264 e. The van der Waals surface area contributed by atoms with Crippen molar-refractivity contribution in [3.05, 3.63) is 57.4 Å². The van der Waals surface area contributed by atoms with Gasteiger partial charge in [-0.25, -0.2) is 9.97 Å². The van der Waals surface area contributed by atoms with Crippen LogP contribution in [0.2, 0.25) is 0 Å². The largest absolute Gasteiger partial charge is 0.331 e. The van der Waals surface area contributed by atoms with Crippen molar-refractivity contribution in [2.75, 3.05) is 6.54 Å². The maximum Gasteiger partial charge on any atom is 0.264 e. The lowest BCUT2D eigenvalue weighted by Crippen LogP contribution is -2.33. The molecule has 0 bridgehead atoms. The van der Waals surface area contributed by atoms with E-state index in [1.54, 1.807) is 12.1 Å². The highest BCUT2D eigenvalue weighted by atomic mass is 32.1. The van der Waals surface area contributed by atoms with Crippen molar-refractivity contribution < 1.29 is 4.79 Å². The lowest BCUT2D eigenvalue weighted by molar-refractivity contribution is 0.0707. The molecule has 3 rings (SSSR count). The average Bonchev–Trinajstić information content (AvgIpc) is 2.98. The minimum Gasteiger partial charge on any atom is -0.331 e. The first kappa shape index (κ1) is 19.0. The van der Waals surface area contributed by atoms with Crippen LogP contribution in [0.5, 0.6) is 0 Å². The quantitative estimate of drug-likeness (QED) is 0.659. The number of hydrogen-bond donors (Lipinski definition) is 0.